The van der Waals surface area contributed by atoms with Gasteiger partial charge in [-0.3, -0.25) is 0 Å². The number of hydrogen-bond acceptors (Lipinski definition) is 5. The predicted octanol–water partition coefficient (Wildman–Crippen LogP) is 6.15. The normalized spacial score (nSPS) is 11.0. The summed E-state index contributed by atoms with van der Waals surface area (Å²) in [4.78, 5) is 0. The topological polar surface area (TPSA) is 46.2 Å². The highest BCUT2D eigenvalue weighted by Gasteiger charge is 2.01. The van der Waals surface area contributed by atoms with E-state index in [2.05, 4.69) is 13.8 Å². The van der Waals surface area contributed by atoms with Crippen LogP contribution in [0.2, 0.25) is 0 Å². The smallest absolute Gasteiger partial charge is 0.127 e. The van der Waals surface area contributed by atoms with Crippen LogP contribution < -0.4 is 4.74 Å². The summed E-state index contributed by atoms with van der Waals surface area (Å²) >= 11 is 0. The van der Waals surface area contributed by atoms with Gasteiger partial charge in [0.2, 0.25) is 0 Å². The summed E-state index contributed by atoms with van der Waals surface area (Å²) in [5, 5.41) is 0. The van der Waals surface area contributed by atoms with Crippen LogP contribution in [0.25, 0.3) is 0 Å². The lowest BCUT2D eigenvalue weighted by molar-refractivity contribution is 0.0396. The minimum absolute atomic E-state index is 0.579. The van der Waals surface area contributed by atoms with E-state index in [1.54, 1.807) is 0 Å². The maximum atomic E-state index is 5.93. The number of benzene rings is 2. The molecule has 2 rings (SSSR count). The van der Waals surface area contributed by atoms with Gasteiger partial charge in [0, 0.05) is 13.2 Å². The van der Waals surface area contributed by atoms with E-state index in [1.807, 2.05) is 48.5 Å². The second kappa shape index (κ2) is 16.7. The van der Waals surface area contributed by atoms with Crippen molar-refractivity contribution < 1.29 is 23.7 Å². The van der Waals surface area contributed by atoms with Gasteiger partial charge in [0.25, 0.3) is 0 Å². The Balaban J connectivity index is 1.61. The van der Waals surface area contributed by atoms with Crippen LogP contribution in [0.4, 0.5) is 0 Å². The quantitative estimate of drug-likeness (QED) is 0.266. The minimum atomic E-state index is 0.579. The Hall–Kier alpha value is -1.92. The highest BCUT2D eigenvalue weighted by molar-refractivity contribution is 5.34. The van der Waals surface area contributed by atoms with Crippen molar-refractivity contribution >= 4 is 0 Å². The molecule has 0 heterocycles. The molecule has 0 fully saturated rings. The van der Waals surface area contributed by atoms with Crippen molar-refractivity contribution in [3.8, 4) is 11.5 Å². The summed E-state index contributed by atoms with van der Waals surface area (Å²) < 4.78 is 28.2. The summed E-state index contributed by atoms with van der Waals surface area (Å²) in [6, 6.07) is 16.0. The van der Waals surface area contributed by atoms with Gasteiger partial charge >= 0.3 is 0 Å². The molecule has 0 aliphatic carbocycles. The molecular weight excluding hydrogens is 392 g/mol. The van der Waals surface area contributed by atoms with Crippen LogP contribution in [0, 0.1) is 0 Å². The molecule has 5 heteroatoms. The summed E-state index contributed by atoms with van der Waals surface area (Å²) in [6.07, 6.45) is 4.52. The number of ether oxygens (including phenoxy) is 5. The molecule has 2 aromatic rings. The van der Waals surface area contributed by atoms with E-state index in [0.717, 1.165) is 61.5 Å². The van der Waals surface area contributed by atoms with Crippen molar-refractivity contribution in [2.24, 2.45) is 0 Å². The Morgan fingerprint density at radius 2 is 0.871 bits per heavy atom. The molecule has 0 saturated carbocycles. The molecule has 0 amide bonds. The molecule has 2 aromatic carbocycles. The zero-order chi connectivity index (χ0) is 22.0. The van der Waals surface area contributed by atoms with E-state index in [-0.39, 0.29) is 0 Å². The van der Waals surface area contributed by atoms with Crippen molar-refractivity contribution in [3.63, 3.8) is 0 Å². The van der Waals surface area contributed by atoms with E-state index < -0.39 is 0 Å². The van der Waals surface area contributed by atoms with Gasteiger partial charge in [-0.1, -0.05) is 51.0 Å². The molecule has 172 valence electrons. The molecule has 0 N–H and O–H groups in total. The van der Waals surface area contributed by atoms with E-state index in [1.165, 1.54) is 0 Å². The molecule has 0 aromatic heterocycles. The Labute approximate surface area is 187 Å². The van der Waals surface area contributed by atoms with Gasteiger partial charge < -0.3 is 23.7 Å². The first-order valence-corrected chi connectivity index (χ1v) is 11.5. The van der Waals surface area contributed by atoms with E-state index in [9.17, 15) is 0 Å². The number of unbranched alkanes of at least 4 members (excludes halogenated alkanes) is 2. The van der Waals surface area contributed by atoms with Crippen LogP contribution in [0.15, 0.2) is 48.5 Å². The number of rotatable bonds is 18. The van der Waals surface area contributed by atoms with Gasteiger partial charge in [0.1, 0.15) is 11.5 Å². The second-order valence-corrected chi connectivity index (χ2v) is 7.43. The Kier molecular flexibility index (Phi) is 13.7. The first kappa shape index (κ1) is 25.3. The fourth-order valence-electron chi connectivity index (χ4n) is 2.76. The van der Waals surface area contributed by atoms with Gasteiger partial charge in [-0.05, 0) is 48.2 Å². The van der Waals surface area contributed by atoms with Crippen LogP contribution in [-0.2, 0) is 32.2 Å². The summed E-state index contributed by atoms with van der Waals surface area (Å²) in [5.41, 5.74) is 2.24. The van der Waals surface area contributed by atoms with Crippen LogP contribution in [0.1, 0.15) is 50.7 Å². The van der Waals surface area contributed by atoms with Gasteiger partial charge in [-0.2, -0.15) is 0 Å². The summed E-state index contributed by atoms with van der Waals surface area (Å²) in [7, 11) is 0. The van der Waals surface area contributed by atoms with Gasteiger partial charge in [-0.25, -0.2) is 0 Å². The maximum absolute atomic E-state index is 5.93. The van der Waals surface area contributed by atoms with Crippen molar-refractivity contribution in [2.45, 2.75) is 52.7 Å². The third-order valence-corrected chi connectivity index (χ3v) is 4.65. The number of hydrogen-bond donors (Lipinski definition) is 0. The van der Waals surface area contributed by atoms with E-state index >= 15 is 0 Å². The molecule has 0 atom stereocenters. The summed E-state index contributed by atoms with van der Waals surface area (Å²) in [5.74, 6) is 1.61. The van der Waals surface area contributed by atoms with Crippen LogP contribution in [0.5, 0.6) is 11.5 Å². The molecule has 0 aliphatic rings. The third kappa shape index (κ3) is 11.9. The molecule has 31 heavy (non-hydrogen) atoms. The zero-order valence-electron chi connectivity index (χ0n) is 19.1. The van der Waals surface area contributed by atoms with Gasteiger partial charge in [0.15, 0.2) is 0 Å². The van der Waals surface area contributed by atoms with E-state index in [0.29, 0.717) is 39.6 Å². The molecule has 0 bridgehead atoms. The molecule has 0 radical (unpaired) electrons. The minimum Gasteiger partial charge on any atom is -0.457 e. The molecule has 0 spiro atoms. The average Bonchev–Trinajstić information content (AvgIpc) is 2.80. The van der Waals surface area contributed by atoms with Gasteiger partial charge in [-0.15, -0.1) is 0 Å². The Bertz CT molecular complexity index is 610. The highest BCUT2D eigenvalue weighted by atomic mass is 16.5. The average molecular weight is 431 g/mol. The fourth-order valence-corrected chi connectivity index (χ4v) is 2.76. The Morgan fingerprint density at radius 3 is 1.26 bits per heavy atom. The maximum Gasteiger partial charge on any atom is 0.127 e. The first-order valence-electron chi connectivity index (χ1n) is 11.5. The SMILES string of the molecule is CCCCOCCOCc1ccc(Oc2ccc(COCCOCCCC)cc2)cc1. The highest BCUT2D eigenvalue weighted by Crippen LogP contribution is 2.22. The zero-order valence-corrected chi connectivity index (χ0v) is 19.1. The monoisotopic (exact) mass is 430 g/mol. The van der Waals surface area contributed by atoms with Crippen LogP contribution >= 0.6 is 0 Å². The third-order valence-electron chi connectivity index (χ3n) is 4.65. The fraction of sp³-hybridized carbons (Fsp3) is 0.538. The molecule has 0 unspecified atom stereocenters. The van der Waals surface area contributed by atoms with Crippen molar-refractivity contribution in [3.05, 3.63) is 59.7 Å². The lowest BCUT2D eigenvalue weighted by atomic mass is 10.2. The van der Waals surface area contributed by atoms with Gasteiger partial charge in [0.05, 0.1) is 39.6 Å². The standard InChI is InChI=1S/C26H38O5/c1-3-5-15-27-17-19-29-21-23-7-11-25(12-8-23)31-26-13-9-24(10-14-26)22-30-20-18-28-16-6-4-2/h7-14H,3-6,15-22H2,1-2H3. The van der Waals surface area contributed by atoms with E-state index in [4.69, 9.17) is 23.7 Å². The lowest BCUT2D eigenvalue weighted by Gasteiger charge is -2.09. The first-order chi connectivity index (χ1) is 15.3. The Morgan fingerprint density at radius 1 is 0.484 bits per heavy atom. The molecule has 5 nitrogen and oxygen atoms in total. The van der Waals surface area contributed by atoms with Crippen LogP contribution in [0.3, 0.4) is 0 Å². The lowest BCUT2D eigenvalue weighted by Crippen LogP contribution is -2.05. The molecular formula is C26H38O5. The second-order valence-electron chi connectivity index (χ2n) is 7.43. The molecule has 0 saturated heterocycles. The molecule has 0 aliphatic heterocycles. The predicted molar refractivity (Wildman–Crippen MR) is 124 cm³/mol. The van der Waals surface area contributed by atoms with Crippen molar-refractivity contribution in [1.29, 1.82) is 0 Å². The largest absolute Gasteiger partial charge is 0.457 e. The van der Waals surface area contributed by atoms with Crippen LogP contribution in [-0.4, -0.2) is 39.6 Å². The summed E-state index contributed by atoms with van der Waals surface area (Å²) in [6.45, 7) is 9.63. The van der Waals surface area contributed by atoms with Crippen molar-refractivity contribution in [1.82, 2.24) is 0 Å². The van der Waals surface area contributed by atoms with Crippen molar-refractivity contribution in [2.75, 3.05) is 39.6 Å².